The van der Waals surface area contributed by atoms with E-state index in [0.29, 0.717) is 17.4 Å². The Balaban J connectivity index is 4.13. The Labute approximate surface area is 478 Å². The van der Waals surface area contributed by atoms with Crippen LogP contribution in [-0.2, 0) is 32.7 Å². The number of phosphoric acid groups is 1. The normalized spacial score (nSPS) is 14.3. The van der Waals surface area contributed by atoms with Crippen LogP contribution in [0, 0.1) is 0 Å². The van der Waals surface area contributed by atoms with Gasteiger partial charge in [-0.3, -0.25) is 18.6 Å². The van der Waals surface area contributed by atoms with E-state index < -0.39 is 26.5 Å². The molecule has 0 bridgehead atoms. The monoisotopic (exact) mass is 1100 g/mol. The van der Waals surface area contributed by atoms with Crippen LogP contribution >= 0.6 is 7.82 Å². The van der Waals surface area contributed by atoms with Crippen LogP contribution in [0.3, 0.4) is 0 Å². The minimum Gasteiger partial charge on any atom is -0.462 e. The Morgan fingerprint density at radius 1 is 0.410 bits per heavy atom. The summed E-state index contributed by atoms with van der Waals surface area (Å²) in [5.41, 5.74) is 0. The molecule has 2 atom stereocenters. The zero-order chi connectivity index (χ0) is 57.0. The van der Waals surface area contributed by atoms with Crippen LogP contribution in [-0.4, -0.2) is 74.9 Å². The van der Waals surface area contributed by atoms with Gasteiger partial charge in [0.1, 0.15) is 19.8 Å². The molecule has 78 heavy (non-hydrogen) atoms. The van der Waals surface area contributed by atoms with Crippen LogP contribution in [0.4, 0.5) is 0 Å². The smallest absolute Gasteiger partial charge is 0.462 e. The number of quaternary nitrogens is 1. The number of unbranched alkanes of at least 4 members (excludes halogenated alkanes) is 16. The molecule has 0 spiro atoms. The Hall–Kier alpha value is -4.11. The van der Waals surface area contributed by atoms with E-state index in [1.54, 1.807) is 0 Å². The number of carbonyl (C=O) groups is 2. The van der Waals surface area contributed by atoms with Crippen molar-refractivity contribution in [2.75, 3.05) is 47.5 Å². The zero-order valence-electron chi connectivity index (χ0n) is 50.1. The Morgan fingerprint density at radius 3 is 1.10 bits per heavy atom. The molecule has 0 aromatic rings. The highest BCUT2D eigenvalue weighted by Crippen LogP contribution is 2.43. The van der Waals surface area contributed by atoms with E-state index in [1.807, 2.05) is 21.1 Å². The average molecular weight is 1100 g/mol. The summed E-state index contributed by atoms with van der Waals surface area (Å²) in [5.74, 6) is -0.830. The van der Waals surface area contributed by atoms with Gasteiger partial charge in [0.15, 0.2) is 6.10 Å². The first-order chi connectivity index (χ1) is 38.0. The largest absolute Gasteiger partial charge is 0.472 e. The molecular weight excluding hydrogens is 990 g/mol. The van der Waals surface area contributed by atoms with E-state index in [4.69, 9.17) is 18.5 Å². The van der Waals surface area contributed by atoms with Gasteiger partial charge in [-0.25, -0.2) is 4.57 Å². The number of phosphoric ester groups is 1. The Morgan fingerprint density at radius 2 is 0.731 bits per heavy atom. The van der Waals surface area contributed by atoms with Crippen LogP contribution in [0.5, 0.6) is 0 Å². The van der Waals surface area contributed by atoms with Gasteiger partial charge in [-0.1, -0.05) is 230 Å². The topological polar surface area (TPSA) is 108 Å². The van der Waals surface area contributed by atoms with Crippen molar-refractivity contribution in [2.24, 2.45) is 0 Å². The lowest BCUT2D eigenvalue weighted by atomic mass is 10.1. The molecule has 0 saturated heterocycles. The summed E-state index contributed by atoms with van der Waals surface area (Å²) in [4.78, 5) is 35.6. The minimum absolute atomic E-state index is 0.0212. The molecule has 0 aliphatic heterocycles. The number of likely N-dealkylation sites (N-methyl/N-ethyl adjacent to an activating group) is 1. The maximum absolute atomic E-state index is 12.8. The summed E-state index contributed by atoms with van der Waals surface area (Å²) in [6.07, 6.45) is 85.0. The molecule has 10 heteroatoms. The quantitative estimate of drug-likeness (QED) is 0.0211. The number of esters is 2. The summed E-state index contributed by atoms with van der Waals surface area (Å²) < 4.78 is 34.5. The van der Waals surface area contributed by atoms with Crippen LogP contribution in [0.25, 0.3) is 0 Å². The minimum atomic E-state index is -4.40. The van der Waals surface area contributed by atoms with Gasteiger partial charge < -0.3 is 18.9 Å². The van der Waals surface area contributed by atoms with Crippen LogP contribution in [0.15, 0.2) is 146 Å². The number of hydrogen-bond donors (Lipinski definition) is 1. The van der Waals surface area contributed by atoms with E-state index in [9.17, 15) is 19.0 Å². The van der Waals surface area contributed by atoms with Crippen molar-refractivity contribution >= 4 is 19.8 Å². The number of rotatable bonds is 54. The lowest BCUT2D eigenvalue weighted by Crippen LogP contribution is -2.37. The van der Waals surface area contributed by atoms with Crippen molar-refractivity contribution in [3.8, 4) is 0 Å². The third-order valence-electron chi connectivity index (χ3n) is 12.4. The van der Waals surface area contributed by atoms with Gasteiger partial charge in [-0.05, 0) is 122 Å². The molecule has 0 amide bonds. The summed E-state index contributed by atoms with van der Waals surface area (Å²) >= 11 is 0. The number of hydrogen-bond acceptors (Lipinski definition) is 7. The molecule has 0 fully saturated rings. The number of allylic oxidation sites excluding steroid dienone is 24. The van der Waals surface area contributed by atoms with E-state index in [1.165, 1.54) is 51.4 Å². The fraction of sp³-hybridized carbons (Fsp3) is 0.618. The van der Waals surface area contributed by atoms with Crippen molar-refractivity contribution in [3.05, 3.63) is 146 Å². The SMILES string of the molecule is CC/C=C\C/C=C\C/C=C\C/C=C\C/C=C\C/C=C\C/C=C\C/C=C\C/C=C\C/C=C\C/C=C\CCCCCCCCCC(=O)OC(COC(=O)CCCCCCC/C=C\CCCCCC)COP(=O)(O)OCC[N+](C)(C)C. The van der Waals surface area contributed by atoms with Crippen molar-refractivity contribution in [1.82, 2.24) is 0 Å². The fourth-order valence-electron chi connectivity index (χ4n) is 7.66. The fourth-order valence-corrected chi connectivity index (χ4v) is 8.40. The second-order valence-corrected chi connectivity index (χ2v) is 22.5. The highest BCUT2D eigenvalue weighted by atomic mass is 31.2. The molecule has 0 heterocycles. The predicted molar refractivity (Wildman–Crippen MR) is 334 cm³/mol. The molecule has 9 nitrogen and oxygen atoms in total. The Bertz CT molecular complexity index is 1820. The van der Waals surface area contributed by atoms with Gasteiger partial charge in [0.05, 0.1) is 27.7 Å². The van der Waals surface area contributed by atoms with Gasteiger partial charge in [0, 0.05) is 12.8 Å². The summed E-state index contributed by atoms with van der Waals surface area (Å²) in [6.45, 7) is 4.25. The number of carbonyl (C=O) groups excluding carboxylic acids is 2. The average Bonchev–Trinajstić information content (AvgIpc) is 3.40. The van der Waals surface area contributed by atoms with E-state index in [-0.39, 0.29) is 32.0 Å². The zero-order valence-corrected chi connectivity index (χ0v) is 51.0. The van der Waals surface area contributed by atoms with Crippen LogP contribution < -0.4 is 0 Å². The molecular formula is C68H113NO8P+. The van der Waals surface area contributed by atoms with Gasteiger partial charge in [0.2, 0.25) is 0 Å². The molecule has 0 aromatic carbocycles. The maximum atomic E-state index is 12.8. The first-order valence-electron chi connectivity index (χ1n) is 30.6. The number of nitrogens with zero attached hydrogens (tertiary/aromatic N) is 1. The predicted octanol–water partition coefficient (Wildman–Crippen LogP) is 19.5. The van der Waals surface area contributed by atoms with Crippen molar-refractivity contribution in [1.29, 1.82) is 0 Å². The Kier molecular flexibility index (Phi) is 54.5. The molecule has 2 unspecified atom stereocenters. The summed E-state index contributed by atoms with van der Waals surface area (Å²) in [6, 6.07) is 0. The molecule has 0 aliphatic carbocycles. The third kappa shape index (κ3) is 61.1. The van der Waals surface area contributed by atoms with Gasteiger partial charge in [-0.2, -0.15) is 0 Å². The van der Waals surface area contributed by atoms with Crippen LogP contribution in [0.1, 0.15) is 219 Å². The molecule has 0 rings (SSSR count). The first kappa shape index (κ1) is 73.9. The molecule has 442 valence electrons. The lowest BCUT2D eigenvalue weighted by Gasteiger charge is -2.24. The van der Waals surface area contributed by atoms with Crippen molar-refractivity contribution < 1.29 is 42.1 Å². The van der Waals surface area contributed by atoms with Crippen molar-refractivity contribution in [2.45, 2.75) is 225 Å². The van der Waals surface area contributed by atoms with E-state index in [0.717, 1.165) is 135 Å². The van der Waals surface area contributed by atoms with Gasteiger partial charge in [-0.15, -0.1) is 0 Å². The molecule has 0 radical (unpaired) electrons. The second kappa shape index (κ2) is 57.6. The summed E-state index contributed by atoms with van der Waals surface area (Å²) in [7, 11) is 1.45. The second-order valence-electron chi connectivity index (χ2n) is 21.0. The van der Waals surface area contributed by atoms with Crippen LogP contribution in [0.2, 0.25) is 0 Å². The first-order valence-corrected chi connectivity index (χ1v) is 32.1. The van der Waals surface area contributed by atoms with Gasteiger partial charge >= 0.3 is 19.8 Å². The molecule has 0 aromatic heterocycles. The van der Waals surface area contributed by atoms with Crippen molar-refractivity contribution in [3.63, 3.8) is 0 Å². The third-order valence-corrected chi connectivity index (χ3v) is 13.3. The van der Waals surface area contributed by atoms with Gasteiger partial charge in [0.25, 0.3) is 0 Å². The molecule has 1 N–H and O–H groups in total. The highest BCUT2D eigenvalue weighted by Gasteiger charge is 2.27. The lowest BCUT2D eigenvalue weighted by molar-refractivity contribution is -0.870. The standard InChI is InChI=1S/C68H112NO8P/c1-6-8-10-12-14-16-18-20-21-22-23-24-25-26-27-28-29-30-31-32-33-34-35-36-37-38-39-40-41-42-43-44-45-46-47-49-51-53-55-57-59-61-68(71)77-66(65-76-78(72,73)75-63-62-69(3,4)5)64-74-67(70)60-58-56-54-52-50-48-19-17-15-13-11-9-7-2/h8,10,14,16-17,19-21,23-24,26-27,29-30,32-33,35-36,38-39,41-42,44-45,66H,6-7,9,11-13,15,18,22,25,28,31,34,37,40,43,46-65H2,1-5H3/p+1/b10-8-,16-14-,19-17-,21-20-,24-23-,27-26-,30-29-,33-32-,36-35-,39-38-,42-41-,45-44-. The highest BCUT2D eigenvalue weighted by molar-refractivity contribution is 7.47. The number of ether oxygens (including phenoxy) is 2. The van der Waals surface area contributed by atoms with E-state index >= 15 is 0 Å². The maximum Gasteiger partial charge on any atom is 0.472 e. The van der Waals surface area contributed by atoms with E-state index in [2.05, 4.69) is 160 Å². The molecule has 0 saturated carbocycles. The summed E-state index contributed by atoms with van der Waals surface area (Å²) in [5, 5.41) is 0. The molecule has 0 aliphatic rings.